The molecule has 2 nitrogen and oxygen atoms in total. The van der Waals surface area contributed by atoms with Gasteiger partial charge >= 0.3 is 0 Å². The number of benzene rings is 1. The number of halogens is 1. The molecule has 0 aromatic heterocycles. The number of nitrogens with one attached hydrogen (secondary N) is 1. The van der Waals surface area contributed by atoms with E-state index in [0.29, 0.717) is 12.1 Å². The van der Waals surface area contributed by atoms with Crippen molar-refractivity contribution in [3.05, 3.63) is 30.1 Å². The van der Waals surface area contributed by atoms with E-state index < -0.39 is 0 Å². The smallest absolute Gasteiger partial charge is 0.123 e. The van der Waals surface area contributed by atoms with Crippen molar-refractivity contribution in [2.24, 2.45) is 5.41 Å². The van der Waals surface area contributed by atoms with E-state index in [1.54, 1.807) is 12.1 Å². The average molecular weight is 248 g/mol. The summed E-state index contributed by atoms with van der Waals surface area (Å²) in [6.07, 6.45) is 2.47. The van der Waals surface area contributed by atoms with Crippen LogP contribution in [0.4, 0.5) is 10.1 Å². The van der Waals surface area contributed by atoms with Crippen molar-refractivity contribution in [3.8, 4) is 0 Å². The van der Waals surface area contributed by atoms with Crippen LogP contribution in [-0.2, 0) is 0 Å². The maximum absolute atomic E-state index is 13.0. The molecule has 0 amide bonds. The Bertz CT molecular complexity index is 427. The maximum Gasteiger partial charge on any atom is 0.123 e. The minimum Gasteiger partial charge on any atom is -0.366 e. The summed E-state index contributed by atoms with van der Waals surface area (Å²) in [6.45, 7) is 6.80. The van der Waals surface area contributed by atoms with Gasteiger partial charge in [0.15, 0.2) is 0 Å². The fourth-order valence-electron chi connectivity index (χ4n) is 3.60. The zero-order valence-electron chi connectivity index (χ0n) is 11.1. The molecule has 1 aromatic rings. The van der Waals surface area contributed by atoms with Crippen molar-refractivity contribution < 1.29 is 4.39 Å². The molecule has 0 radical (unpaired) electrons. The van der Waals surface area contributed by atoms with Crippen LogP contribution in [0.1, 0.15) is 26.7 Å². The topological polar surface area (TPSA) is 15.3 Å². The SMILES string of the molecule is CC1(C)CNC2CCCN(c3ccc(F)cc3)C21. The highest BCUT2D eigenvalue weighted by Gasteiger charge is 2.46. The fraction of sp³-hybridized carbons (Fsp3) is 0.600. The van der Waals surface area contributed by atoms with Crippen LogP contribution in [0.5, 0.6) is 0 Å². The third-order valence-electron chi connectivity index (χ3n) is 4.41. The first-order valence-electron chi connectivity index (χ1n) is 6.83. The molecular formula is C15H21FN2. The number of nitrogens with zero attached hydrogens (tertiary/aromatic N) is 1. The molecule has 1 aromatic carbocycles. The minimum absolute atomic E-state index is 0.156. The minimum atomic E-state index is -0.156. The average Bonchev–Trinajstić information content (AvgIpc) is 2.67. The number of hydrogen-bond donors (Lipinski definition) is 1. The molecule has 1 N–H and O–H groups in total. The molecule has 2 fully saturated rings. The Balaban J connectivity index is 1.92. The van der Waals surface area contributed by atoms with Crippen LogP contribution in [0.25, 0.3) is 0 Å². The van der Waals surface area contributed by atoms with E-state index in [1.165, 1.54) is 12.8 Å². The quantitative estimate of drug-likeness (QED) is 0.822. The summed E-state index contributed by atoms with van der Waals surface area (Å²) in [5, 5.41) is 3.64. The predicted octanol–water partition coefficient (Wildman–Crippen LogP) is 2.79. The predicted molar refractivity (Wildman–Crippen MR) is 72.3 cm³/mol. The molecular weight excluding hydrogens is 227 g/mol. The van der Waals surface area contributed by atoms with Crippen LogP contribution in [-0.4, -0.2) is 25.2 Å². The lowest BCUT2D eigenvalue weighted by molar-refractivity contribution is 0.291. The Hall–Kier alpha value is -1.09. The van der Waals surface area contributed by atoms with Gasteiger partial charge < -0.3 is 10.2 Å². The highest BCUT2D eigenvalue weighted by molar-refractivity contribution is 5.49. The van der Waals surface area contributed by atoms with Crippen LogP contribution in [0.3, 0.4) is 0 Å². The zero-order valence-corrected chi connectivity index (χ0v) is 11.1. The summed E-state index contributed by atoms with van der Waals surface area (Å²) in [5.41, 5.74) is 1.43. The van der Waals surface area contributed by atoms with Crippen LogP contribution < -0.4 is 10.2 Å². The number of hydrogen-bond acceptors (Lipinski definition) is 2. The maximum atomic E-state index is 13.0. The van der Waals surface area contributed by atoms with E-state index >= 15 is 0 Å². The highest BCUT2D eigenvalue weighted by Crippen LogP contribution is 2.39. The van der Waals surface area contributed by atoms with Gasteiger partial charge in [-0.15, -0.1) is 0 Å². The summed E-state index contributed by atoms with van der Waals surface area (Å²) in [6, 6.07) is 8.05. The third-order valence-corrected chi connectivity index (χ3v) is 4.41. The van der Waals surface area contributed by atoms with Gasteiger partial charge in [-0.3, -0.25) is 0 Å². The van der Waals surface area contributed by atoms with Crippen molar-refractivity contribution in [1.29, 1.82) is 0 Å². The highest BCUT2D eigenvalue weighted by atomic mass is 19.1. The van der Waals surface area contributed by atoms with Gasteiger partial charge in [0.2, 0.25) is 0 Å². The van der Waals surface area contributed by atoms with Gasteiger partial charge in [-0.05, 0) is 42.5 Å². The van der Waals surface area contributed by atoms with Crippen molar-refractivity contribution in [1.82, 2.24) is 5.32 Å². The Labute approximate surface area is 108 Å². The van der Waals surface area contributed by atoms with Gasteiger partial charge in [0.25, 0.3) is 0 Å². The molecule has 0 bridgehead atoms. The first kappa shape index (κ1) is 12.0. The van der Waals surface area contributed by atoms with Crippen LogP contribution in [0, 0.1) is 11.2 Å². The van der Waals surface area contributed by atoms with E-state index in [2.05, 4.69) is 24.1 Å². The number of anilines is 1. The zero-order chi connectivity index (χ0) is 12.8. The van der Waals surface area contributed by atoms with Gasteiger partial charge in [0.05, 0.1) is 6.04 Å². The number of rotatable bonds is 1. The molecule has 3 rings (SSSR count). The van der Waals surface area contributed by atoms with Gasteiger partial charge in [-0.1, -0.05) is 13.8 Å². The number of fused-ring (bicyclic) bond motifs is 1. The Morgan fingerprint density at radius 1 is 1.28 bits per heavy atom. The lowest BCUT2D eigenvalue weighted by Crippen LogP contribution is -2.53. The van der Waals surface area contributed by atoms with Gasteiger partial charge in [-0.2, -0.15) is 0 Å². The van der Waals surface area contributed by atoms with E-state index in [-0.39, 0.29) is 11.2 Å². The molecule has 0 saturated carbocycles. The molecule has 18 heavy (non-hydrogen) atoms. The van der Waals surface area contributed by atoms with Crippen LogP contribution in [0.2, 0.25) is 0 Å². The molecule has 2 aliphatic heterocycles. The standard InChI is InChI=1S/C15H21FN2/c1-15(2)10-17-13-4-3-9-18(14(13)15)12-7-5-11(16)6-8-12/h5-8,13-14,17H,3-4,9-10H2,1-2H3. The molecule has 3 heteroatoms. The Morgan fingerprint density at radius 2 is 2.00 bits per heavy atom. The van der Waals surface area contributed by atoms with Crippen molar-refractivity contribution in [3.63, 3.8) is 0 Å². The molecule has 2 saturated heterocycles. The Morgan fingerprint density at radius 3 is 2.72 bits per heavy atom. The van der Waals surface area contributed by atoms with Gasteiger partial charge in [0.1, 0.15) is 5.82 Å². The summed E-state index contributed by atoms with van der Waals surface area (Å²) in [4.78, 5) is 2.47. The monoisotopic (exact) mass is 248 g/mol. The van der Waals surface area contributed by atoms with Crippen LogP contribution in [0.15, 0.2) is 24.3 Å². The molecule has 2 unspecified atom stereocenters. The second-order valence-electron chi connectivity index (χ2n) is 6.23. The molecule has 0 aliphatic carbocycles. The van der Waals surface area contributed by atoms with E-state index in [0.717, 1.165) is 18.8 Å². The lowest BCUT2D eigenvalue weighted by atomic mass is 9.80. The van der Waals surface area contributed by atoms with Gasteiger partial charge in [-0.25, -0.2) is 4.39 Å². The first-order chi connectivity index (χ1) is 8.58. The van der Waals surface area contributed by atoms with Crippen molar-refractivity contribution in [2.45, 2.75) is 38.8 Å². The molecule has 2 heterocycles. The first-order valence-corrected chi connectivity index (χ1v) is 6.83. The summed E-state index contributed by atoms with van der Waals surface area (Å²) >= 11 is 0. The summed E-state index contributed by atoms with van der Waals surface area (Å²) < 4.78 is 13.0. The van der Waals surface area contributed by atoms with Crippen molar-refractivity contribution >= 4 is 5.69 Å². The second-order valence-corrected chi connectivity index (χ2v) is 6.23. The molecule has 2 atom stereocenters. The van der Waals surface area contributed by atoms with E-state index in [1.807, 2.05) is 12.1 Å². The normalized spacial score (nSPS) is 30.3. The Kier molecular flexibility index (Phi) is 2.81. The summed E-state index contributed by atoms with van der Waals surface area (Å²) in [5.74, 6) is -0.156. The van der Waals surface area contributed by atoms with Gasteiger partial charge in [0, 0.05) is 24.8 Å². The third kappa shape index (κ3) is 1.91. The molecule has 0 spiro atoms. The van der Waals surface area contributed by atoms with Crippen molar-refractivity contribution in [2.75, 3.05) is 18.0 Å². The van der Waals surface area contributed by atoms with E-state index in [4.69, 9.17) is 0 Å². The molecule has 98 valence electrons. The van der Waals surface area contributed by atoms with E-state index in [9.17, 15) is 4.39 Å². The number of piperidine rings is 1. The lowest BCUT2D eigenvalue weighted by Gasteiger charge is -2.44. The second kappa shape index (κ2) is 4.23. The fourth-order valence-corrected chi connectivity index (χ4v) is 3.60. The summed E-state index contributed by atoms with van der Waals surface area (Å²) in [7, 11) is 0. The largest absolute Gasteiger partial charge is 0.366 e. The molecule has 2 aliphatic rings. The van der Waals surface area contributed by atoms with Crippen LogP contribution >= 0.6 is 0 Å².